The standard InChI is InChI=1S/C27H29ClFN3O3S/c1-18(2)15-31(27(34)30-20-7-5-6-19(28)14-20)16-26(33)32-12-10-25-21(11-13-36-25)23(32)17-35-24-9-4-3-8-22(24)29/h3-9,11,13-14,18,23H,10,12,15-17H2,1-2H3,(H,30,34)/t23-/m0/s1. The first-order chi connectivity index (χ1) is 17.3. The second-order valence-corrected chi connectivity index (χ2v) is 10.5. The number of thiophene rings is 1. The van der Waals surface area contributed by atoms with Gasteiger partial charge in [-0.05, 0) is 59.7 Å². The summed E-state index contributed by atoms with van der Waals surface area (Å²) >= 11 is 7.69. The fourth-order valence-corrected chi connectivity index (χ4v) is 5.41. The number of nitrogens with one attached hydrogen (secondary N) is 1. The normalized spacial score (nSPS) is 14.9. The molecule has 6 nitrogen and oxygen atoms in total. The van der Waals surface area contributed by atoms with Crippen LogP contribution in [-0.2, 0) is 11.2 Å². The first-order valence-corrected chi connectivity index (χ1v) is 13.1. The first kappa shape index (κ1) is 26.0. The zero-order chi connectivity index (χ0) is 25.7. The molecule has 36 heavy (non-hydrogen) atoms. The van der Waals surface area contributed by atoms with E-state index in [4.69, 9.17) is 16.3 Å². The van der Waals surface area contributed by atoms with Crippen LogP contribution in [0.1, 0.15) is 30.3 Å². The summed E-state index contributed by atoms with van der Waals surface area (Å²) in [6.45, 7) is 4.94. The van der Waals surface area contributed by atoms with E-state index in [9.17, 15) is 14.0 Å². The number of anilines is 1. The Morgan fingerprint density at radius 1 is 1.22 bits per heavy atom. The fraction of sp³-hybridized carbons (Fsp3) is 0.333. The van der Waals surface area contributed by atoms with Gasteiger partial charge in [-0.15, -0.1) is 11.3 Å². The molecule has 1 N–H and O–H groups in total. The highest BCUT2D eigenvalue weighted by Gasteiger charge is 2.34. The highest BCUT2D eigenvalue weighted by Crippen LogP contribution is 2.34. The zero-order valence-electron chi connectivity index (χ0n) is 20.2. The molecule has 0 fully saturated rings. The minimum Gasteiger partial charge on any atom is -0.488 e. The van der Waals surface area contributed by atoms with Crippen LogP contribution in [0.25, 0.3) is 0 Å². The molecule has 0 saturated carbocycles. The van der Waals surface area contributed by atoms with Gasteiger partial charge in [-0.1, -0.05) is 43.6 Å². The molecule has 0 spiro atoms. The molecule has 0 saturated heterocycles. The number of nitrogens with zero attached hydrogens (tertiary/aromatic N) is 2. The molecule has 190 valence electrons. The minimum atomic E-state index is -0.447. The molecular weight excluding hydrogens is 501 g/mol. The molecule has 2 heterocycles. The van der Waals surface area contributed by atoms with E-state index in [0.29, 0.717) is 23.8 Å². The lowest BCUT2D eigenvalue weighted by Crippen LogP contribution is -2.49. The van der Waals surface area contributed by atoms with Crippen LogP contribution in [-0.4, -0.2) is 48.0 Å². The van der Waals surface area contributed by atoms with Gasteiger partial charge in [0.15, 0.2) is 11.6 Å². The summed E-state index contributed by atoms with van der Waals surface area (Å²) in [6.07, 6.45) is 0.730. The zero-order valence-corrected chi connectivity index (χ0v) is 21.8. The molecule has 2 aromatic carbocycles. The Labute approximate surface area is 219 Å². The van der Waals surface area contributed by atoms with Crippen LogP contribution in [0.2, 0.25) is 5.02 Å². The van der Waals surface area contributed by atoms with E-state index >= 15 is 0 Å². The third-order valence-corrected chi connectivity index (χ3v) is 7.15. The van der Waals surface area contributed by atoms with Crippen molar-refractivity contribution in [1.82, 2.24) is 9.80 Å². The Morgan fingerprint density at radius 3 is 2.78 bits per heavy atom. The monoisotopic (exact) mass is 529 g/mol. The van der Waals surface area contributed by atoms with Gasteiger partial charge in [0.25, 0.3) is 0 Å². The topological polar surface area (TPSA) is 61.9 Å². The van der Waals surface area contributed by atoms with Crippen LogP contribution in [0.5, 0.6) is 5.75 Å². The average Bonchev–Trinajstić information content (AvgIpc) is 3.32. The second kappa shape index (κ2) is 11.8. The van der Waals surface area contributed by atoms with Gasteiger partial charge in [0.1, 0.15) is 13.2 Å². The number of fused-ring (bicyclic) bond motifs is 1. The van der Waals surface area contributed by atoms with Crippen molar-refractivity contribution >= 4 is 40.6 Å². The van der Waals surface area contributed by atoms with Crippen molar-refractivity contribution in [3.63, 3.8) is 0 Å². The summed E-state index contributed by atoms with van der Waals surface area (Å²) in [6, 6.07) is 14.4. The van der Waals surface area contributed by atoms with E-state index in [0.717, 1.165) is 12.0 Å². The number of carbonyl (C=O) groups is 2. The predicted molar refractivity (Wildman–Crippen MR) is 141 cm³/mol. The van der Waals surface area contributed by atoms with Gasteiger partial charge < -0.3 is 19.9 Å². The first-order valence-electron chi connectivity index (χ1n) is 11.9. The molecular formula is C27H29ClFN3O3S. The molecule has 1 aliphatic rings. The number of rotatable bonds is 8. The summed E-state index contributed by atoms with van der Waals surface area (Å²) in [5.74, 6) is -0.323. The van der Waals surface area contributed by atoms with Crippen molar-refractivity contribution in [1.29, 1.82) is 0 Å². The molecule has 9 heteroatoms. The smallest absolute Gasteiger partial charge is 0.322 e. The maximum Gasteiger partial charge on any atom is 0.322 e. The number of benzene rings is 2. The van der Waals surface area contributed by atoms with Gasteiger partial charge >= 0.3 is 6.03 Å². The summed E-state index contributed by atoms with van der Waals surface area (Å²) in [4.78, 5) is 31.1. The molecule has 0 radical (unpaired) electrons. The van der Waals surface area contributed by atoms with E-state index in [1.807, 2.05) is 25.3 Å². The van der Waals surface area contributed by atoms with Crippen LogP contribution < -0.4 is 10.1 Å². The third kappa shape index (κ3) is 6.36. The lowest BCUT2D eigenvalue weighted by atomic mass is 10.0. The minimum absolute atomic E-state index is 0.0831. The van der Waals surface area contributed by atoms with E-state index in [-0.39, 0.29) is 42.8 Å². The van der Waals surface area contributed by atoms with Gasteiger partial charge in [0.05, 0.1) is 6.04 Å². The number of amides is 3. The third-order valence-electron chi connectivity index (χ3n) is 5.92. The Morgan fingerprint density at radius 2 is 2.03 bits per heavy atom. The van der Waals surface area contributed by atoms with Crippen LogP contribution in [0.4, 0.5) is 14.9 Å². The highest BCUT2D eigenvalue weighted by molar-refractivity contribution is 7.10. The van der Waals surface area contributed by atoms with E-state index in [2.05, 4.69) is 5.32 Å². The van der Waals surface area contributed by atoms with E-state index in [1.54, 1.807) is 58.7 Å². The number of urea groups is 1. The van der Waals surface area contributed by atoms with Crippen LogP contribution in [0.3, 0.4) is 0 Å². The van der Waals surface area contributed by atoms with Crippen molar-refractivity contribution in [2.75, 3.05) is 31.6 Å². The number of para-hydroxylation sites is 1. The lowest BCUT2D eigenvalue weighted by Gasteiger charge is -2.37. The quantitative estimate of drug-likeness (QED) is 0.376. The van der Waals surface area contributed by atoms with Crippen molar-refractivity contribution in [3.05, 3.63) is 81.3 Å². The SMILES string of the molecule is CC(C)CN(CC(=O)N1CCc2sccc2[C@@H]1COc1ccccc1F)C(=O)Nc1cccc(Cl)c1. The maximum atomic E-state index is 14.2. The molecule has 3 amide bonds. The van der Waals surface area contributed by atoms with Crippen molar-refractivity contribution < 1.29 is 18.7 Å². The maximum absolute atomic E-state index is 14.2. The molecule has 0 bridgehead atoms. The van der Waals surface area contributed by atoms with Crippen LogP contribution >= 0.6 is 22.9 Å². The molecule has 1 atom stereocenters. The Bertz CT molecular complexity index is 1220. The summed E-state index contributed by atoms with van der Waals surface area (Å²) < 4.78 is 20.0. The van der Waals surface area contributed by atoms with Crippen molar-refractivity contribution in [2.24, 2.45) is 5.92 Å². The van der Waals surface area contributed by atoms with Crippen molar-refractivity contribution in [3.8, 4) is 5.75 Å². The Hall–Kier alpha value is -3.10. The average molecular weight is 530 g/mol. The van der Waals surface area contributed by atoms with Gasteiger partial charge in [0.2, 0.25) is 5.91 Å². The van der Waals surface area contributed by atoms with Gasteiger partial charge in [-0.25, -0.2) is 9.18 Å². The van der Waals surface area contributed by atoms with Crippen LogP contribution in [0, 0.1) is 11.7 Å². The second-order valence-electron chi connectivity index (χ2n) is 9.11. The Kier molecular flexibility index (Phi) is 8.48. The number of hydrogen-bond donors (Lipinski definition) is 1. The lowest BCUT2D eigenvalue weighted by molar-refractivity contribution is -0.135. The molecule has 1 aromatic heterocycles. The molecule has 3 aromatic rings. The molecule has 0 unspecified atom stereocenters. The molecule has 4 rings (SSSR count). The number of hydrogen-bond acceptors (Lipinski definition) is 4. The van der Waals surface area contributed by atoms with Crippen LogP contribution in [0.15, 0.2) is 60.0 Å². The summed E-state index contributed by atoms with van der Waals surface area (Å²) in [5, 5.41) is 5.35. The molecule has 1 aliphatic heterocycles. The van der Waals surface area contributed by atoms with E-state index < -0.39 is 5.82 Å². The number of halogens is 2. The Balaban J connectivity index is 1.50. The van der Waals surface area contributed by atoms with E-state index in [1.165, 1.54) is 15.8 Å². The summed E-state index contributed by atoms with van der Waals surface area (Å²) in [5.41, 5.74) is 1.57. The van der Waals surface area contributed by atoms with Gasteiger partial charge in [-0.3, -0.25) is 4.79 Å². The van der Waals surface area contributed by atoms with Crippen molar-refractivity contribution in [2.45, 2.75) is 26.3 Å². The predicted octanol–water partition coefficient (Wildman–Crippen LogP) is 6.24. The highest BCUT2D eigenvalue weighted by atomic mass is 35.5. The largest absolute Gasteiger partial charge is 0.488 e. The summed E-state index contributed by atoms with van der Waals surface area (Å²) in [7, 11) is 0. The van der Waals surface area contributed by atoms with Gasteiger partial charge in [0, 0.05) is 28.7 Å². The fourth-order valence-electron chi connectivity index (χ4n) is 4.29. The number of carbonyl (C=O) groups excluding carboxylic acids is 2. The van der Waals surface area contributed by atoms with Gasteiger partial charge in [-0.2, -0.15) is 0 Å². The number of ether oxygens (including phenoxy) is 1. The molecule has 0 aliphatic carbocycles.